The van der Waals surface area contributed by atoms with Crippen LogP contribution in [0.2, 0.25) is 0 Å². The van der Waals surface area contributed by atoms with Crippen molar-refractivity contribution in [3.63, 3.8) is 0 Å². The van der Waals surface area contributed by atoms with Gasteiger partial charge in [0, 0.05) is 11.4 Å². The van der Waals surface area contributed by atoms with E-state index in [2.05, 4.69) is 10.6 Å². The summed E-state index contributed by atoms with van der Waals surface area (Å²) in [5.41, 5.74) is -0.768. The molecule has 0 bridgehead atoms. The predicted molar refractivity (Wildman–Crippen MR) is 93.8 cm³/mol. The van der Waals surface area contributed by atoms with E-state index in [1.807, 2.05) is 0 Å². The van der Waals surface area contributed by atoms with Gasteiger partial charge in [-0.05, 0) is 48.5 Å². The fourth-order valence-electron chi connectivity index (χ4n) is 2.12. The lowest BCUT2D eigenvalue weighted by atomic mass is 10.2. The molecule has 28 heavy (non-hydrogen) atoms. The van der Waals surface area contributed by atoms with E-state index in [4.69, 9.17) is 0 Å². The number of carbonyl (C=O) groups is 2. The third-order valence-electron chi connectivity index (χ3n) is 3.33. The number of amides is 2. The number of nitrogens with one attached hydrogen (secondary N) is 2. The number of benzene rings is 2. The lowest BCUT2D eigenvalue weighted by molar-refractivity contribution is -0.137. The molecule has 2 aromatic rings. The summed E-state index contributed by atoms with van der Waals surface area (Å²) in [6, 6.07) is 8.04. The van der Waals surface area contributed by atoms with Gasteiger partial charge in [0.1, 0.15) is 17.3 Å². The van der Waals surface area contributed by atoms with E-state index in [0.29, 0.717) is 0 Å². The van der Waals surface area contributed by atoms with Crippen LogP contribution in [0.3, 0.4) is 0 Å². The third-order valence-corrected chi connectivity index (χ3v) is 4.73. The van der Waals surface area contributed by atoms with Gasteiger partial charge < -0.3 is 10.6 Å². The molecule has 0 unspecified atom stereocenters. The van der Waals surface area contributed by atoms with Crippen molar-refractivity contribution in [2.45, 2.75) is 6.18 Å². The monoisotopic (exact) mass is 418 g/mol. The predicted octanol–water partition coefficient (Wildman–Crippen LogP) is 2.84. The van der Waals surface area contributed by atoms with Crippen molar-refractivity contribution < 1.29 is 35.6 Å². The highest BCUT2D eigenvalue weighted by Gasteiger charge is 2.30. The fraction of sp³-hybridized carbons (Fsp3) is 0.176. The summed E-state index contributed by atoms with van der Waals surface area (Å²) in [6.07, 6.45) is -4.54. The molecule has 2 rings (SSSR count). The van der Waals surface area contributed by atoms with E-state index in [-0.39, 0.29) is 11.4 Å². The molecule has 0 spiro atoms. The maximum absolute atomic E-state index is 12.8. The van der Waals surface area contributed by atoms with Crippen LogP contribution in [0.4, 0.5) is 28.9 Å². The molecular weight excluding hydrogens is 404 g/mol. The van der Waals surface area contributed by atoms with Crippen LogP contribution in [0, 0.1) is 5.82 Å². The van der Waals surface area contributed by atoms with E-state index in [1.54, 1.807) is 0 Å². The molecule has 0 saturated carbocycles. The molecule has 11 heteroatoms. The van der Waals surface area contributed by atoms with Crippen LogP contribution in [0.5, 0.6) is 0 Å². The number of hydrogen-bond acceptors (Lipinski definition) is 4. The zero-order chi connectivity index (χ0) is 20.9. The number of rotatable bonds is 6. The second-order valence-corrected chi connectivity index (χ2v) is 7.78. The highest BCUT2D eigenvalue weighted by Crippen LogP contribution is 2.29. The van der Waals surface area contributed by atoms with Crippen LogP contribution in [-0.4, -0.2) is 31.7 Å². The Labute approximate surface area is 157 Å². The summed E-state index contributed by atoms with van der Waals surface area (Å²) >= 11 is 0. The minimum atomic E-state index is -4.54. The molecule has 2 aromatic carbocycles. The first-order valence-electron chi connectivity index (χ1n) is 7.67. The molecule has 0 radical (unpaired) electrons. The lowest BCUT2D eigenvalue weighted by Gasteiger charge is -2.09. The molecule has 2 amide bonds. The van der Waals surface area contributed by atoms with Crippen LogP contribution < -0.4 is 10.6 Å². The van der Waals surface area contributed by atoms with Gasteiger partial charge in [-0.25, -0.2) is 12.8 Å². The van der Waals surface area contributed by atoms with Crippen molar-refractivity contribution in [2.75, 3.05) is 22.1 Å². The Balaban J connectivity index is 1.91. The number of sulfone groups is 1. The summed E-state index contributed by atoms with van der Waals surface area (Å²) < 4.78 is 74.1. The molecule has 2 N–H and O–H groups in total. The van der Waals surface area contributed by atoms with Crippen molar-refractivity contribution in [1.29, 1.82) is 0 Å². The van der Waals surface area contributed by atoms with Gasteiger partial charge in [-0.3, -0.25) is 9.59 Å². The molecular formula is C17H14F4N2O4S. The van der Waals surface area contributed by atoms with Gasteiger partial charge in [0.25, 0.3) is 0 Å². The Morgan fingerprint density at radius 2 is 1.18 bits per heavy atom. The highest BCUT2D eigenvalue weighted by atomic mass is 32.2. The Hall–Kier alpha value is -2.95. The van der Waals surface area contributed by atoms with Crippen molar-refractivity contribution in [1.82, 2.24) is 0 Å². The van der Waals surface area contributed by atoms with Crippen molar-refractivity contribution in [3.8, 4) is 0 Å². The van der Waals surface area contributed by atoms with Crippen LogP contribution in [0.15, 0.2) is 48.5 Å². The maximum atomic E-state index is 12.8. The van der Waals surface area contributed by atoms with Gasteiger partial charge in [0.15, 0.2) is 9.84 Å². The van der Waals surface area contributed by atoms with Gasteiger partial charge in [-0.1, -0.05) is 0 Å². The molecule has 6 nitrogen and oxygen atoms in total. The van der Waals surface area contributed by atoms with Gasteiger partial charge >= 0.3 is 6.18 Å². The standard InChI is InChI=1S/C17H14F4N2O4S/c18-12-3-7-14(8-4-12)23-16(25)10-28(26,27)9-15(24)22-13-5-1-11(2-6-13)17(19,20)21/h1-8H,9-10H2,(H,22,24)(H,23,25). The highest BCUT2D eigenvalue weighted by molar-refractivity contribution is 7.92. The quantitative estimate of drug-likeness (QED) is 0.706. The van der Waals surface area contributed by atoms with Crippen LogP contribution in [-0.2, 0) is 25.6 Å². The topological polar surface area (TPSA) is 92.3 Å². The first-order chi connectivity index (χ1) is 12.9. The average molecular weight is 418 g/mol. The number of hydrogen-bond donors (Lipinski definition) is 2. The van der Waals surface area contributed by atoms with E-state index < -0.39 is 50.7 Å². The Bertz CT molecular complexity index is 956. The van der Waals surface area contributed by atoms with E-state index in [1.165, 1.54) is 12.1 Å². The molecule has 0 aromatic heterocycles. The summed E-state index contributed by atoms with van der Waals surface area (Å²) in [4.78, 5) is 23.6. The molecule has 0 fully saturated rings. The molecule has 0 aliphatic heterocycles. The van der Waals surface area contributed by atoms with Gasteiger partial charge in [0.2, 0.25) is 11.8 Å². The lowest BCUT2D eigenvalue weighted by Crippen LogP contribution is -2.30. The van der Waals surface area contributed by atoms with Gasteiger partial charge in [-0.2, -0.15) is 13.2 Å². The summed E-state index contributed by atoms with van der Waals surface area (Å²) in [6.45, 7) is 0. The van der Waals surface area contributed by atoms with Crippen molar-refractivity contribution in [2.24, 2.45) is 0 Å². The van der Waals surface area contributed by atoms with Crippen LogP contribution in [0.1, 0.15) is 5.56 Å². The largest absolute Gasteiger partial charge is 0.416 e. The smallest absolute Gasteiger partial charge is 0.325 e. The normalized spacial score (nSPS) is 11.7. The van der Waals surface area contributed by atoms with Crippen molar-refractivity contribution >= 4 is 33.0 Å². The summed E-state index contributed by atoms with van der Waals surface area (Å²) in [5.74, 6) is -4.50. The van der Waals surface area contributed by atoms with Crippen LogP contribution >= 0.6 is 0 Å². The number of alkyl halides is 3. The SMILES string of the molecule is O=C(CS(=O)(=O)CC(=O)Nc1ccc(C(F)(F)F)cc1)Nc1ccc(F)cc1. The van der Waals surface area contributed by atoms with E-state index in [9.17, 15) is 35.6 Å². The first kappa shape index (κ1) is 21.4. The minimum absolute atomic E-state index is 0.0241. The zero-order valence-corrected chi connectivity index (χ0v) is 14.9. The average Bonchev–Trinajstić information content (AvgIpc) is 2.55. The number of anilines is 2. The Kier molecular flexibility index (Phi) is 6.39. The summed E-state index contributed by atoms with van der Waals surface area (Å²) in [5, 5.41) is 4.39. The maximum Gasteiger partial charge on any atom is 0.416 e. The van der Waals surface area contributed by atoms with Gasteiger partial charge in [0.05, 0.1) is 5.56 Å². The molecule has 0 heterocycles. The second kappa shape index (κ2) is 8.38. The number of halogens is 4. The second-order valence-electron chi connectivity index (χ2n) is 5.71. The van der Waals surface area contributed by atoms with Crippen LogP contribution in [0.25, 0.3) is 0 Å². The Morgan fingerprint density at radius 1 is 0.786 bits per heavy atom. The molecule has 0 saturated heterocycles. The molecule has 0 aliphatic carbocycles. The van der Waals surface area contributed by atoms with E-state index >= 15 is 0 Å². The van der Waals surface area contributed by atoms with E-state index in [0.717, 1.165) is 36.4 Å². The summed E-state index contributed by atoms with van der Waals surface area (Å²) in [7, 11) is -4.14. The van der Waals surface area contributed by atoms with Crippen molar-refractivity contribution in [3.05, 3.63) is 59.9 Å². The first-order valence-corrected chi connectivity index (χ1v) is 9.50. The molecule has 150 valence electrons. The zero-order valence-electron chi connectivity index (χ0n) is 14.1. The minimum Gasteiger partial charge on any atom is -0.325 e. The molecule has 0 atom stereocenters. The Morgan fingerprint density at radius 3 is 1.57 bits per heavy atom. The number of carbonyl (C=O) groups excluding carboxylic acids is 2. The molecule has 0 aliphatic rings. The third kappa shape index (κ3) is 6.65. The fourth-order valence-corrected chi connectivity index (χ4v) is 3.17. The van der Waals surface area contributed by atoms with Gasteiger partial charge in [-0.15, -0.1) is 0 Å².